The highest BCUT2D eigenvalue weighted by Gasteiger charge is 1.97. The lowest BCUT2D eigenvalue weighted by Crippen LogP contribution is -2.17. The van der Waals surface area contributed by atoms with Gasteiger partial charge in [-0.3, -0.25) is 4.79 Å². The molecule has 1 heterocycles. The summed E-state index contributed by atoms with van der Waals surface area (Å²) in [5.41, 5.74) is 1.55. The standard InChI is InChI=1S/C9H12N2O3S/c1-6(2-8(12)13)3-10-4-7-5-15-9(14)11-7/h2,5,10H,3-4H2,1H3,(H,11,14)(H,12,13). The predicted molar refractivity (Wildman–Crippen MR) is 58.0 cm³/mol. The fraction of sp³-hybridized carbons (Fsp3) is 0.333. The summed E-state index contributed by atoms with van der Waals surface area (Å²) in [6.45, 7) is 2.76. The number of aromatic nitrogens is 1. The lowest BCUT2D eigenvalue weighted by molar-refractivity contribution is -0.131. The molecule has 0 amide bonds. The van der Waals surface area contributed by atoms with E-state index in [2.05, 4.69) is 10.3 Å². The average Bonchev–Trinajstić information content (AvgIpc) is 2.50. The van der Waals surface area contributed by atoms with Crippen LogP contribution in [-0.2, 0) is 11.3 Å². The van der Waals surface area contributed by atoms with Crippen LogP contribution in [0.15, 0.2) is 21.8 Å². The number of thiazole rings is 1. The van der Waals surface area contributed by atoms with Crippen molar-refractivity contribution in [1.82, 2.24) is 10.3 Å². The number of carbonyl (C=O) groups is 1. The summed E-state index contributed by atoms with van der Waals surface area (Å²) in [7, 11) is 0. The van der Waals surface area contributed by atoms with Crippen molar-refractivity contribution < 1.29 is 9.90 Å². The minimum absolute atomic E-state index is 0.0791. The topological polar surface area (TPSA) is 82.2 Å². The fourth-order valence-corrected chi connectivity index (χ4v) is 1.64. The first kappa shape index (κ1) is 11.7. The van der Waals surface area contributed by atoms with Crippen molar-refractivity contribution in [1.29, 1.82) is 0 Å². The molecule has 5 nitrogen and oxygen atoms in total. The molecule has 0 aliphatic heterocycles. The molecule has 0 saturated heterocycles. The van der Waals surface area contributed by atoms with Crippen LogP contribution in [0.3, 0.4) is 0 Å². The lowest BCUT2D eigenvalue weighted by Gasteiger charge is -2.01. The van der Waals surface area contributed by atoms with Crippen molar-refractivity contribution in [2.45, 2.75) is 13.5 Å². The number of carboxylic acids is 1. The Morgan fingerprint density at radius 3 is 3.00 bits per heavy atom. The van der Waals surface area contributed by atoms with E-state index in [1.807, 2.05) is 0 Å². The van der Waals surface area contributed by atoms with Crippen LogP contribution >= 0.6 is 11.3 Å². The molecule has 0 spiro atoms. The highest BCUT2D eigenvalue weighted by Crippen LogP contribution is 1.95. The molecule has 0 unspecified atom stereocenters. The normalized spacial score (nSPS) is 11.7. The first-order chi connectivity index (χ1) is 7.08. The van der Waals surface area contributed by atoms with Gasteiger partial charge in [-0.2, -0.15) is 0 Å². The highest BCUT2D eigenvalue weighted by molar-refractivity contribution is 7.07. The van der Waals surface area contributed by atoms with Gasteiger partial charge in [0.15, 0.2) is 0 Å². The van der Waals surface area contributed by atoms with Crippen molar-refractivity contribution in [2.24, 2.45) is 0 Å². The smallest absolute Gasteiger partial charge is 0.328 e. The van der Waals surface area contributed by atoms with Crippen LogP contribution < -0.4 is 10.2 Å². The summed E-state index contributed by atoms with van der Waals surface area (Å²) in [4.78, 5) is 23.7. The summed E-state index contributed by atoms with van der Waals surface area (Å²) in [5, 5.41) is 13.2. The number of hydrogen-bond donors (Lipinski definition) is 3. The van der Waals surface area contributed by atoms with E-state index in [1.165, 1.54) is 0 Å². The molecule has 1 rings (SSSR count). The van der Waals surface area contributed by atoms with Gasteiger partial charge in [0.25, 0.3) is 0 Å². The quantitative estimate of drug-likeness (QED) is 0.643. The minimum atomic E-state index is -0.946. The molecule has 1 aromatic rings. The first-order valence-electron chi connectivity index (χ1n) is 4.35. The van der Waals surface area contributed by atoms with Gasteiger partial charge in [-0.05, 0) is 6.92 Å². The van der Waals surface area contributed by atoms with E-state index in [4.69, 9.17) is 5.11 Å². The third kappa shape index (κ3) is 4.57. The number of carboxylic acid groups (broad SMARTS) is 1. The Kier molecular flexibility index (Phi) is 4.26. The third-order valence-electron chi connectivity index (χ3n) is 1.66. The Hall–Kier alpha value is -1.40. The molecule has 0 bridgehead atoms. The maximum absolute atomic E-state index is 10.8. The fourth-order valence-electron chi connectivity index (χ4n) is 1.06. The number of hydrogen-bond acceptors (Lipinski definition) is 4. The molecule has 3 N–H and O–H groups in total. The van der Waals surface area contributed by atoms with Gasteiger partial charge in [0.05, 0.1) is 0 Å². The van der Waals surface area contributed by atoms with Crippen molar-refractivity contribution in [3.8, 4) is 0 Å². The molecule has 6 heteroatoms. The highest BCUT2D eigenvalue weighted by atomic mass is 32.1. The summed E-state index contributed by atoms with van der Waals surface area (Å²) < 4.78 is 0. The Bertz CT molecular complexity index is 419. The zero-order valence-corrected chi connectivity index (χ0v) is 9.06. The molecule has 0 atom stereocenters. The molecule has 0 aliphatic carbocycles. The Morgan fingerprint density at radius 2 is 2.47 bits per heavy atom. The summed E-state index contributed by atoms with van der Waals surface area (Å²) in [6, 6.07) is 0. The molecular formula is C9H12N2O3S. The van der Waals surface area contributed by atoms with E-state index in [-0.39, 0.29) is 4.87 Å². The SMILES string of the molecule is CC(=CC(=O)O)CNCc1csc(=O)[nH]1. The van der Waals surface area contributed by atoms with Gasteiger partial charge in [-0.15, -0.1) is 0 Å². The summed E-state index contributed by atoms with van der Waals surface area (Å²) >= 11 is 1.11. The summed E-state index contributed by atoms with van der Waals surface area (Å²) in [6.07, 6.45) is 1.16. The molecule has 0 aliphatic rings. The molecule has 82 valence electrons. The Morgan fingerprint density at radius 1 is 1.73 bits per heavy atom. The summed E-state index contributed by atoms with van der Waals surface area (Å²) in [5.74, 6) is -0.946. The molecule has 0 saturated carbocycles. The van der Waals surface area contributed by atoms with Gasteiger partial charge >= 0.3 is 10.8 Å². The van der Waals surface area contributed by atoms with E-state index >= 15 is 0 Å². The van der Waals surface area contributed by atoms with E-state index in [1.54, 1.807) is 12.3 Å². The number of H-pyrrole nitrogens is 1. The first-order valence-corrected chi connectivity index (χ1v) is 5.23. The van der Waals surface area contributed by atoms with Crippen LogP contribution in [0.1, 0.15) is 12.6 Å². The van der Waals surface area contributed by atoms with Crippen LogP contribution in [0.5, 0.6) is 0 Å². The number of nitrogens with one attached hydrogen (secondary N) is 2. The van der Waals surface area contributed by atoms with Crippen LogP contribution in [0, 0.1) is 0 Å². The Labute approximate surface area is 90.5 Å². The zero-order chi connectivity index (χ0) is 11.3. The van der Waals surface area contributed by atoms with Crippen molar-refractivity contribution >= 4 is 17.3 Å². The minimum Gasteiger partial charge on any atom is -0.478 e. The zero-order valence-electron chi connectivity index (χ0n) is 8.24. The monoisotopic (exact) mass is 228 g/mol. The van der Waals surface area contributed by atoms with E-state index in [9.17, 15) is 9.59 Å². The van der Waals surface area contributed by atoms with Crippen molar-refractivity contribution in [3.05, 3.63) is 32.4 Å². The maximum Gasteiger partial charge on any atom is 0.328 e. The number of aliphatic carboxylic acids is 1. The van der Waals surface area contributed by atoms with Crippen LogP contribution in [0.25, 0.3) is 0 Å². The van der Waals surface area contributed by atoms with Gasteiger partial charge < -0.3 is 15.4 Å². The Balaban J connectivity index is 2.33. The molecular weight excluding hydrogens is 216 g/mol. The number of rotatable bonds is 5. The van der Waals surface area contributed by atoms with Crippen molar-refractivity contribution in [2.75, 3.05) is 6.54 Å². The van der Waals surface area contributed by atoms with Gasteiger partial charge in [-0.25, -0.2) is 4.79 Å². The predicted octanol–water partition coefficient (Wildman–Crippen LogP) is 0.557. The molecule has 1 aromatic heterocycles. The maximum atomic E-state index is 10.8. The average molecular weight is 228 g/mol. The van der Waals surface area contributed by atoms with Gasteiger partial charge in [-0.1, -0.05) is 16.9 Å². The second-order valence-electron chi connectivity index (χ2n) is 3.11. The number of aromatic amines is 1. The second-order valence-corrected chi connectivity index (χ2v) is 3.95. The second kappa shape index (κ2) is 5.47. The van der Waals surface area contributed by atoms with Crippen LogP contribution in [0.4, 0.5) is 0 Å². The largest absolute Gasteiger partial charge is 0.478 e. The van der Waals surface area contributed by atoms with Gasteiger partial charge in [0.2, 0.25) is 0 Å². The lowest BCUT2D eigenvalue weighted by atomic mass is 10.3. The van der Waals surface area contributed by atoms with Gasteiger partial charge in [0, 0.05) is 30.2 Å². The van der Waals surface area contributed by atoms with E-state index in [0.29, 0.717) is 13.1 Å². The molecule has 0 aromatic carbocycles. The molecule has 0 radical (unpaired) electrons. The van der Waals surface area contributed by atoms with E-state index < -0.39 is 5.97 Å². The third-order valence-corrected chi connectivity index (χ3v) is 2.38. The van der Waals surface area contributed by atoms with Gasteiger partial charge in [0.1, 0.15) is 0 Å². The van der Waals surface area contributed by atoms with E-state index in [0.717, 1.165) is 28.7 Å². The molecule has 0 fully saturated rings. The van der Waals surface area contributed by atoms with Crippen molar-refractivity contribution in [3.63, 3.8) is 0 Å². The molecule has 15 heavy (non-hydrogen) atoms. The van der Waals surface area contributed by atoms with Crippen LogP contribution in [-0.4, -0.2) is 22.6 Å². The van der Waals surface area contributed by atoms with Crippen LogP contribution in [0.2, 0.25) is 0 Å².